The monoisotopic (exact) mass is 277 g/mol. The van der Waals surface area contributed by atoms with Crippen molar-refractivity contribution >= 4 is 5.97 Å². The number of rotatable bonds is 2. The number of hydrogen-bond acceptors (Lipinski definition) is 3. The second kappa shape index (κ2) is 4.25. The highest BCUT2D eigenvalue weighted by Crippen LogP contribution is 2.49. The van der Waals surface area contributed by atoms with Gasteiger partial charge in [-0.2, -0.15) is 13.2 Å². The van der Waals surface area contributed by atoms with Gasteiger partial charge < -0.3 is 9.52 Å². The Morgan fingerprint density at radius 2 is 2.11 bits per heavy atom. The van der Waals surface area contributed by atoms with E-state index >= 15 is 0 Å². The molecule has 2 rings (SSSR count). The van der Waals surface area contributed by atoms with Gasteiger partial charge in [-0.15, -0.1) is 0 Å². The highest BCUT2D eigenvalue weighted by atomic mass is 19.4. The number of halogens is 3. The van der Waals surface area contributed by atoms with Gasteiger partial charge in [0, 0.05) is 5.92 Å². The maximum absolute atomic E-state index is 12.7. The molecule has 0 aliphatic heterocycles. The smallest absolute Gasteiger partial charge is 0.437 e. The average Bonchev–Trinajstić information content (AvgIpc) is 2.79. The van der Waals surface area contributed by atoms with Crippen LogP contribution in [-0.2, 0) is 6.18 Å². The predicted molar refractivity (Wildman–Crippen MR) is 58.8 cm³/mol. The van der Waals surface area contributed by atoms with Crippen molar-refractivity contribution in [2.75, 3.05) is 0 Å². The summed E-state index contributed by atoms with van der Waals surface area (Å²) in [7, 11) is 0. The topological polar surface area (TPSA) is 63.3 Å². The lowest BCUT2D eigenvalue weighted by molar-refractivity contribution is -0.141. The molecule has 1 aliphatic carbocycles. The summed E-state index contributed by atoms with van der Waals surface area (Å²) >= 11 is 0. The first-order valence-electron chi connectivity index (χ1n) is 5.94. The standard InChI is InChI=1S/C12H14F3NO3/c1-11(2)5-3-4-6(11)9-16-8(12(13,14)15)7(19-9)10(17)18/h6H,3-5H2,1-2H3,(H,17,18). The van der Waals surface area contributed by atoms with E-state index in [0.29, 0.717) is 6.42 Å². The third-order valence-corrected chi connectivity index (χ3v) is 3.66. The fraction of sp³-hybridized carbons (Fsp3) is 0.667. The van der Waals surface area contributed by atoms with Crippen LogP contribution in [0.25, 0.3) is 0 Å². The van der Waals surface area contributed by atoms with E-state index in [-0.39, 0.29) is 17.2 Å². The molecule has 0 amide bonds. The summed E-state index contributed by atoms with van der Waals surface area (Å²) in [6.07, 6.45) is -2.45. The second-order valence-electron chi connectivity index (χ2n) is 5.47. The lowest BCUT2D eigenvalue weighted by atomic mass is 9.82. The average molecular weight is 277 g/mol. The number of nitrogens with zero attached hydrogens (tertiary/aromatic N) is 1. The molecule has 1 saturated carbocycles. The number of aromatic carboxylic acids is 1. The first-order valence-corrected chi connectivity index (χ1v) is 5.94. The van der Waals surface area contributed by atoms with E-state index in [1.54, 1.807) is 0 Å². The highest BCUT2D eigenvalue weighted by Gasteiger charge is 2.45. The third-order valence-electron chi connectivity index (χ3n) is 3.66. The Balaban J connectivity index is 2.47. The third kappa shape index (κ3) is 2.46. The van der Waals surface area contributed by atoms with E-state index in [2.05, 4.69) is 4.98 Å². The Hall–Kier alpha value is -1.53. The van der Waals surface area contributed by atoms with Gasteiger partial charge in [0.15, 0.2) is 11.6 Å². The summed E-state index contributed by atoms with van der Waals surface area (Å²) in [5, 5.41) is 8.78. The zero-order valence-corrected chi connectivity index (χ0v) is 10.5. The lowest BCUT2D eigenvalue weighted by Crippen LogP contribution is -2.16. The second-order valence-corrected chi connectivity index (χ2v) is 5.47. The van der Waals surface area contributed by atoms with Crippen molar-refractivity contribution < 1.29 is 27.5 Å². The van der Waals surface area contributed by atoms with E-state index in [4.69, 9.17) is 9.52 Å². The van der Waals surface area contributed by atoms with Crippen LogP contribution in [0.15, 0.2) is 4.42 Å². The first-order chi connectivity index (χ1) is 8.63. The van der Waals surface area contributed by atoms with Crippen molar-refractivity contribution in [1.29, 1.82) is 0 Å². The van der Waals surface area contributed by atoms with Crippen LogP contribution in [-0.4, -0.2) is 16.1 Å². The molecule has 106 valence electrons. The van der Waals surface area contributed by atoms with Crippen LogP contribution in [0.2, 0.25) is 0 Å². The van der Waals surface area contributed by atoms with Gasteiger partial charge in [0.25, 0.3) is 0 Å². The molecular formula is C12H14F3NO3. The van der Waals surface area contributed by atoms with E-state index in [0.717, 1.165) is 12.8 Å². The van der Waals surface area contributed by atoms with Crippen molar-refractivity contribution in [2.45, 2.75) is 45.2 Å². The Bertz CT molecular complexity index is 505. The summed E-state index contributed by atoms with van der Waals surface area (Å²) in [5.74, 6) is -3.26. The molecule has 7 heteroatoms. The van der Waals surface area contributed by atoms with Gasteiger partial charge in [-0.05, 0) is 18.3 Å². The van der Waals surface area contributed by atoms with Gasteiger partial charge in [0.1, 0.15) is 0 Å². The molecule has 1 fully saturated rings. The number of aromatic nitrogens is 1. The molecule has 1 N–H and O–H groups in total. The SMILES string of the molecule is CC1(C)CCCC1c1nc(C(F)(F)F)c(C(=O)O)o1. The van der Waals surface area contributed by atoms with E-state index < -0.39 is 23.6 Å². The molecule has 0 bridgehead atoms. The molecule has 1 aromatic heterocycles. The van der Waals surface area contributed by atoms with Gasteiger partial charge in [-0.3, -0.25) is 0 Å². The first kappa shape index (κ1) is 13.9. The number of carboxylic acid groups (broad SMARTS) is 1. The number of hydrogen-bond donors (Lipinski definition) is 1. The summed E-state index contributed by atoms with van der Waals surface area (Å²) < 4.78 is 43.0. The molecule has 1 atom stereocenters. The molecule has 0 spiro atoms. The van der Waals surface area contributed by atoms with E-state index in [9.17, 15) is 18.0 Å². The van der Waals surface area contributed by atoms with Gasteiger partial charge in [0.2, 0.25) is 5.76 Å². The van der Waals surface area contributed by atoms with E-state index in [1.807, 2.05) is 13.8 Å². The normalized spacial score (nSPS) is 22.7. The largest absolute Gasteiger partial charge is 0.475 e. The Morgan fingerprint density at radius 3 is 2.47 bits per heavy atom. The molecule has 4 nitrogen and oxygen atoms in total. The molecule has 0 aromatic carbocycles. The molecule has 1 aromatic rings. The quantitative estimate of drug-likeness (QED) is 0.895. The Morgan fingerprint density at radius 1 is 1.47 bits per heavy atom. The Kier molecular flexibility index (Phi) is 3.10. The van der Waals surface area contributed by atoms with Crippen LogP contribution in [0.3, 0.4) is 0 Å². The summed E-state index contributed by atoms with van der Waals surface area (Å²) in [6.45, 7) is 3.84. The van der Waals surface area contributed by atoms with Crippen LogP contribution in [0.1, 0.15) is 61.2 Å². The molecular weight excluding hydrogens is 263 g/mol. The van der Waals surface area contributed by atoms with Crippen LogP contribution in [0.4, 0.5) is 13.2 Å². The predicted octanol–water partition coefficient (Wildman–Crippen LogP) is 3.69. The van der Waals surface area contributed by atoms with Crippen LogP contribution in [0.5, 0.6) is 0 Å². The molecule has 1 unspecified atom stereocenters. The zero-order valence-electron chi connectivity index (χ0n) is 10.5. The van der Waals surface area contributed by atoms with Crippen molar-refractivity contribution in [2.24, 2.45) is 5.41 Å². The zero-order chi connectivity index (χ0) is 14.4. The van der Waals surface area contributed by atoms with Crippen molar-refractivity contribution in [3.63, 3.8) is 0 Å². The van der Waals surface area contributed by atoms with Crippen LogP contribution in [0, 0.1) is 5.41 Å². The molecule has 1 heterocycles. The van der Waals surface area contributed by atoms with Gasteiger partial charge >= 0.3 is 12.1 Å². The molecule has 1 aliphatic rings. The molecule has 19 heavy (non-hydrogen) atoms. The van der Waals surface area contributed by atoms with Crippen molar-refractivity contribution in [1.82, 2.24) is 4.98 Å². The Labute approximate surface area is 107 Å². The van der Waals surface area contributed by atoms with Crippen molar-refractivity contribution in [3.05, 3.63) is 17.3 Å². The van der Waals surface area contributed by atoms with Gasteiger partial charge in [-0.1, -0.05) is 20.3 Å². The molecule has 0 saturated heterocycles. The highest BCUT2D eigenvalue weighted by molar-refractivity contribution is 5.85. The summed E-state index contributed by atoms with van der Waals surface area (Å²) in [4.78, 5) is 14.2. The van der Waals surface area contributed by atoms with Crippen LogP contribution < -0.4 is 0 Å². The number of carbonyl (C=O) groups is 1. The fourth-order valence-corrected chi connectivity index (χ4v) is 2.61. The minimum absolute atomic E-state index is 0.118. The number of alkyl halides is 3. The van der Waals surface area contributed by atoms with Gasteiger partial charge in [-0.25, -0.2) is 9.78 Å². The minimum atomic E-state index is -4.82. The maximum atomic E-state index is 12.7. The minimum Gasteiger partial charge on any atom is -0.475 e. The molecule has 0 radical (unpaired) electrons. The number of carboxylic acids is 1. The van der Waals surface area contributed by atoms with Crippen molar-refractivity contribution in [3.8, 4) is 0 Å². The number of oxazole rings is 1. The fourth-order valence-electron chi connectivity index (χ4n) is 2.61. The maximum Gasteiger partial charge on any atom is 0.437 e. The van der Waals surface area contributed by atoms with E-state index in [1.165, 1.54) is 0 Å². The lowest BCUT2D eigenvalue weighted by Gasteiger charge is -2.23. The summed E-state index contributed by atoms with van der Waals surface area (Å²) in [5.41, 5.74) is -1.68. The van der Waals surface area contributed by atoms with Gasteiger partial charge in [0.05, 0.1) is 0 Å². The summed E-state index contributed by atoms with van der Waals surface area (Å²) in [6, 6.07) is 0. The van der Waals surface area contributed by atoms with Crippen LogP contribution >= 0.6 is 0 Å².